The van der Waals surface area contributed by atoms with Crippen LogP contribution in [0.5, 0.6) is 0 Å². The number of rotatable bonds is 6. The lowest BCUT2D eigenvalue weighted by Crippen LogP contribution is -2.34. The van der Waals surface area contributed by atoms with Gasteiger partial charge in [-0.3, -0.25) is 4.57 Å². The fourth-order valence-electron chi connectivity index (χ4n) is 2.91. The number of hydrogen-bond acceptors (Lipinski definition) is 9. The van der Waals surface area contributed by atoms with E-state index in [2.05, 4.69) is 20.3 Å². The Hall–Kier alpha value is -2.34. The summed E-state index contributed by atoms with van der Waals surface area (Å²) in [4.78, 5) is 23.8. The normalized spacial score (nSPS) is 27.2. The van der Waals surface area contributed by atoms with E-state index >= 15 is 0 Å². The van der Waals surface area contributed by atoms with Crippen molar-refractivity contribution in [3.63, 3.8) is 0 Å². The van der Waals surface area contributed by atoms with E-state index in [1.54, 1.807) is 13.8 Å². The Morgan fingerprint density at radius 1 is 1.31 bits per heavy atom. The highest BCUT2D eigenvalue weighted by Crippen LogP contribution is 2.32. The molecular formula is C15H21N5O6. The number of carboxylic acids is 1. The number of ether oxygens (including phenoxy) is 1. The first-order valence-electron chi connectivity index (χ1n) is 8.14. The summed E-state index contributed by atoms with van der Waals surface area (Å²) in [6.45, 7) is 3.08. The average molecular weight is 367 g/mol. The van der Waals surface area contributed by atoms with Gasteiger partial charge in [0.05, 0.1) is 12.9 Å². The Labute approximate surface area is 148 Å². The molecule has 2 aromatic heterocycles. The number of nitrogens with one attached hydrogen (secondary N) is 1. The quantitative estimate of drug-likeness (QED) is 0.426. The van der Waals surface area contributed by atoms with Crippen molar-refractivity contribution in [2.24, 2.45) is 5.92 Å². The molecule has 0 spiro atoms. The van der Waals surface area contributed by atoms with E-state index in [0.29, 0.717) is 11.2 Å². The SMILES string of the molecule is CC(C)[C@@H](Nc1ncnc2c1ncn2C1OC(CO)C(O)C1O)C(=O)O. The van der Waals surface area contributed by atoms with E-state index in [-0.39, 0.29) is 11.7 Å². The van der Waals surface area contributed by atoms with Crippen LogP contribution in [0.15, 0.2) is 12.7 Å². The Kier molecular flexibility index (Phi) is 5.05. The summed E-state index contributed by atoms with van der Waals surface area (Å²) in [6.07, 6.45) is -1.85. The smallest absolute Gasteiger partial charge is 0.326 e. The molecule has 0 bridgehead atoms. The molecule has 0 amide bonds. The van der Waals surface area contributed by atoms with Crippen LogP contribution in [0.4, 0.5) is 5.82 Å². The zero-order chi connectivity index (χ0) is 19.0. The number of aromatic nitrogens is 4. The van der Waals surface area contributed by atoms with Gasteiger partial charge in [0.1, 0.15) is 30.7 Å². The third kappa shape index (κ3) is 3.09. The molecular weight excluding hydrogens is 346 g/mol. The molecule has 5 atom stereocenters. The molecule has 3 rings (SSSR count). The zero-order valence-corrected chi connectivity index (χ0v) is 14.2. The predicted octanol–water partition coefficient (Wildman–Crippen LogP) is -1.04. The molecule has 0 aliphatic carbocycles. The Bertz CT molecular complexity index is 796. The van der Waals surface area contributed by atoms with E-state index < -0.39 is 43.2 Å². The summed E-state index contributed by atoms with van der Waals surface area (Å²) in [5, 5.41) is 41.5. The van der Waals surface area contributed by atoms with Gasteiger partial charge in [-0.05, 0) is 5.92 Å². The fraction of sp³-hybridized carbons (Fsp3) is 0.600. The van der Waals surface area contributed by atoms with Crippen molar-refractivity contribution >= 4 is 23.0 Å². The molecule has 4 unspecified atom stereocenters. The molecule has 1 aliphatic heterocycles. The van der Waals surface area contributed by atoms with E-state index in [9.17, 15) is 25.2 Å². The highest BCUT2D eigenvalue weighted by atomic mass is 16.6. The summed E-state index contributed by atoms with van der Waals surface area (Å²) in [5.74, 6) is -0.976. The second-order valence-electron chi connectivity index (χ2n) is 6.48. The van der Waals surface area contributed by atoms with E-state index in [0.717, 1.165) is 0 Å². The molecule has 0 radical (unpaired) electrons. The van der Waals surface area contributed by atoms with Gasteiger partial charge in [-0.1, -0.05) is 13.8 Å². The molecule has 3 heterocycles. The number of anilines is 1. The predicted molar refractivity (Wildman–Crippen MR) is 88.2 cm³/mol. The molecule has 0 saturated carbocycles. The highest BCUT2D eigenvalue weighted by molar-refractivity contribution is 5.86. The number of carboxylic acid groups (broad SMARTS) is 1. The van der Waals surface area contributed by atoms with Gasteiger partial charge in [0.15, 0.2) is 23.2 Å². The number of carbonyl (C=O) groups is 1. The summed E-state index contributed by atoms with van der Waals surface area (Å²) in [6, 6.07) is -0.868. The minimum Gasteiger partial charge on any atom is -0.480 e. The number of hydrogen-bond donors (Lipinski definition) is 5. The average Bonchev–Trinajstić information content (AvgIpc) is 3.14. The largest absolute Gasteiger partial charge is 0.480 e. The van der Waals surface area contributed by atoms with E-state index in [1.807, 2.05) is 0 Å². The van der Waals surface area contributed by atoms with Crippen molar-refractivity contribution in [2.75, 3.05) is 11.9 Å². The van der Waals surface area contributed by atoms with Gasteiger partial charge in [0, 0.05) is 0 Å². The Balaban J connectivity index is 1.96. The third-order valence-corrected chi connectivity index (χ3v) is 4.38. The number of nitrogens with zero attached hydrogens (tertiary/aromatic N) is 4. The number of imidazole rings is 1. The topological polar surface area (TPSA) is 163 Å². The van der Waals surface area contributed by atoms with Gasteiger partial charge < -0.3 is 30.5 Å². The van der Waals surface area contributed by atoms with Gasteiger partial charge in [0.25, 0.3) is 0 Å². The Morgan fingerprint density at radius 2 is 2.04 bits per heavy atom. The summed E-state index contributed by atoms with van der Waals surface area (Å²) in [7, 11) is 0. The first kappa shape index (κ1) is 18.5. The molecule has 142 valence electrons. The molecule has 1 saturated heterocycles. The van der Waals surface area contributed by atoms with Crippen LogP contribution in [0.2, 0.25) is 0 Å². The van der Waals surface area contributed by atoms with Gasteiger partial charge in [-0.2, -0.15) is 0 Å². The molecule has 11 nitrogen and oxygen atoms in total. The number of aliphatic hydroxyl groups is 3. The standard InChI is InChI=1S/C15H21N5O6/c1-6(2)8(15(24)25)19-12-9-13(17-4-16-12)20(5-18-9)14-11(23)10(22)7(3-21)26-14/h4-8,10-11,14,21-23H,3H2,1-2H3,(H,24,25)(H,16,17,19)/t7?,8-,10?,11?,14?/m1/s1. The van der Waals surface area contributed by atoms with Crippen molar-refractivity contribution in [3.8, 4) is 0 Å². The summed E-state index contributed by atoms with van der Waals surface area (Å²) >= 11 is 0. The van der Waals surface area contributed by atoms with E-state index in [4.69, 9.17) is 4.74 Å². The van der Waals surface area contributed by atoms with E-state index in [1.165, 1.54) is 17.2 Å². The second kappa shape index (κ2) is 7.11. The molecule has 2 aromatic rings. The maximum atomic E-state index is 11.4. The summed E-state index contributed by atoms with van der Waals surface area (Å²) in [5.41, 5.74) is 0.599. The second-order valence-corrected chi connectivity index (χ2v) is 6.48. The van der Waals surface area contributed by atoms with Crippen LogP contribution < -0.4 is 5.32 Å². The van der Waals surface area contributed by atoms with Gasteiger partial charge in [-0.15, -0.1) is 0 Å². The molecule has 1 fully saturated rings. The minimum absolute atomic E-state index is 0.194. The molecule has 11 heteroatoms. The molecule has 0 aromatic carbocycles. The van der Waals surface area contributed by atoms with Gasteiger partial charge >= 0.3 is 5.97 Å². The first-order chi connectivity index (χ1) is 12.3. The fourth-order valence-corrected chi connectivity index (χ4v) is 2.91. The molecule has 26 heavy (non-hydrogen) atoms. The van der Waals surface area contributed by atoms with Crippen LogP contribution in [-0.2, 0) is 9.53 Å². The van der Waals surface area contributed by atoms with Crippen molar-refractivity contribution in [2.45, 2.75) is 44.4 Å². The highest BCUT2D eigenvalue weighted by Gasteiger charge is 2.44. The number of aliphatic hydroxyl groups excluding tert-OH is 3. The number of fused-ring (bicyclic) bond motifs is 1. The minimum atomic E-state index is -1.28. The van der Waals surface area contributed by atoms with Crippen molar-refractivity contribution in [3.05, 3.63) is 12.7 Å². The van der Waals surface area contributed by atoms with Crippen LogP contribution >= 0.6 is 0 Å². The maximum Gasteiger partial charge on any atom is 0.326 e. The van der Waals surface area contributed by atoms with Crippen molar-refractivity contribution in [1.29, 1.82) is 0 Å². The van der Waals surface area contributed by atoms with Crippen LogP contribution in [0.25, 0.3) is 11.2 Å². The lowest BCUT2D eigenvalue weighted by Gasteiger charge is -2.19. The van der Waals surface area contributed by atoms with Gasteiger partial charge in [0.2, 0.25) is 0 Å². The van der Waals surface area contributed by atoms with Crippen LogP contribution in [0.3, 0.4) is 0 Å². The zero-order valence-electron chi connectivity index (χ0n) is 14.2. The van der Waals surface area contributed by atoms with Crippen molar-refractivity contribution in [1.82, 2.24) is 19.5 Å². The molecule has 1 aliphatic rings. The third-order valence-electron chi connectivity index (χ3n) is 4.38. The summed E-state index contributed by atoms with van der Waals surface area (Å²) < 4.78 is 6.90. The monoisotopic (exact) mass is 367 g/mol. The van der Waals surface area contributed by atoms with Crippen LogP contribution in [0.1, 0.15) is 20.1 Å². The van der Waals surface area contributed by atoms with Gasteiger partial charge in [-0.25, -0.2) is 19.7 Å². The molecule has 5 N–H and O–H groups in total. The Morgan fingerprint density at radius 3 is 2.62 bits per heavy atom. The van der Waals surface area contributed by atoms with Crippen molar-refractivity contribution < 1.29 is 30.0 Å². The lowest BCUT2D eigenvalue weighted by atomic mass is 10.1. The van der Waals surface area contributed by atoms with Crippen LogP contribution in [0, 0.1) is 5.92 Å². The maximum absolute atomic E-state index is 11.4. The first-order valence-corrected chi connectivity index (χ1v) is 8.14. The lowest BCUT2D eigenvalue weighted by molar-refractivity contribution is -0.138. The number of aliphatic carboxylic acids is 1. The van der Waals surface area contributed by atoms with Crippen LogP contribution in [-0.4, -0.2) is 76.9 Å².